The largest absolute Gasteiger partial charge is 0.507 e. The highest BCUT2D eigenvalue weighted by molar-refractivity contribution is 5.72. The third-order valence-electron chi connectivity index (χ3n) is 5.05. The van der Waals surface area contributed by atoms with E-state index in [1.165, 1.54) is 0 Å². The number of aromatic nitrogens is 5. The Hall–Kier alpha value is -3.00. The van der Waals surface area contributed by atoms with Crippen molar-refractivity contribution in [2.24, 2.45) is 0 Å². The van der Waals surface area contributed by atoms with E-state index in [0.717, 1.165) is 24.1 Å². The summed E-state index contributed by atoms with van der Waals surface area (Å²) in [5, 5.41) is 29.2. The highest BCUT2D eigenvalue weighted by Gasteiger charge is 2.39. The maximum atomic E-state index is 10.4. The van der Waals surface area contributed by atoms with Gasteiger partial charge in [-0.25, -0.2) is 4.98 Å². The molecule has 152 valence electrons. The second-order valence-corrected chi connectivity index (χ2v) is 8.87. The molecule has 0 unspecified atom stereocenters. The van der Waals surface area contributed by atoms with Crippen molar-refractivity contribution in [1.29, 1.82) is 0 Å². The van der Waals surface area contributed by atoms with Gasteiger partial charge in [0.05, 0.1) is 11.9 Å². The number of aromatic hydroxyl groups is 1. The Morgan fingerprint density at radius 2 is 1.83 bits per heavy atom. The van der Waals surface area contributed by atoms with Gasteiger partial charge >= 0.3 is 6.01 Å². The van der Waals surface area contributed by atoms with Crippen molar-refractivity contribution in [2.75, 3.05) is 0 Å². The number of hydrogen-bond donors (Lipinski definition) is 3. The number of H-pyrrole nitrogens is 1. The molecule has 8 heteroatoms. The first-order valence-electron chi connectivity index (χ1n) is 9.70. The summed E-state index contributed by atoms with van der Waals surface area (Å²) in [6, 6.07) is 7.42. The third-order valence-corrected chi connectivity index (χ3v) is 5.05. The van der Waals surface area contributed by atoms with Gasteiger partial charge in [-0.05, 0) is 45.9 Å². The molecular weight excluding hydrogens is 368 g/mol. The minimum atomic E-state index is -0.0258. The molecular formula is C21H26N6O2. The van der Waals surface area contributed by atoms with Gasteiger partial charge in [0.2, 0.25) is 0 Å². The fourth-order valence-electron chi connectivity index (χ4n) is 4.24. The molecule has 4 rings (SSSR count). The molecule has 1 aliphatic rings. The van der Waals surface area contributed by atoms with E-state index in [4.69, 9.17) is 4.74 Å². The number of nitrogens with zero attached hydrogens (tertiary/aromatic N) is 4. The molecule has 3 heterocycles. The molecule has 1 fully saturated rings. The van der Waals surface area contributed by atoms with Crippen LogP contribution in [0.1, 0.15) is 40.5 Å². The van der Waals surface area contributed by atoms with E-state index in [1.54, 1.807) is 24.5 Å². The zero-order chi connectivity index (χ0) is 20.6. The number of hydrogen-bond acceptors (Lipinski definition) is 7. The van der Waals surface area contributed by atoms with Crippen LogP contribution in [0.2, 0.25) is 0 Å². The SMILES string of the molecule is CC1(C)CC(Oc2ncc(-c3ccc(-c4ccn[nH]4)cc3O)nn2)CC(C)(C)N1. The van der Waals surface area contributed by atoms with Gasteiger partial charge in [-0.15, -0.1) is 5.10 Å². The van der Waals surface area contributed by atoms with Gasteiger partial charge in [0.1, 0.15) is 17.5 Å². The Morgan fingerprint density at radius 3 is 2.41 bits per heavy atom. The molecule has 0 aliphatic carbocycles. The molecule has 0 radical (unpaired) electrons. The summed E-state index contributed by atoms with van der Waals surface area (Å²) in [5.74, 6) is 0.101. The number of aromatic amines is 1. The monoisotopic (exact) mass is 394 g/mol. The number of phenolic OH excluding ortho intramolecular Hbond substituents is 1. The standard InChI is InChI=1S/C21H26N6O2/c1-20(2)10-14(11-21(3,4)27-20)29-19-22-12-17(25-26-19)15-6-5-13(9-18(15)28)16-7-8-23-24-16/h5-9,12,14,27-28H,10-11H2,1-4H3,(H,23,24). The van der Waals surface area contributed by atoms with Crippen molar-refractivity contribution in [2.45, 2.75) is 57.7 Å². The molecule has 29 heavy (non-hydrogen) atoms. The Bertz CT molecular complexity index is 967. The summed E-state index contributed by atoms with van der Waals surface area (Å²) in [5.41, 5.74) is 2.65. The predicted octanol–water partition coefficient (Wildman–Crippen LogP) is 3.32. The summed E-state index contributed by atoms with van der Waals surface area (Å²) in [7, 11) is 0. The minimum absolute atomic E-state index is 0.0102. The molecule has 1 aromatic carbocycles. The first-order valence-corrected chi connectivity index (χ1v) is 9.70. The molecule has 3 aromatic rings. The maximum Gasteiger partial charge on any atom is 0.335 e. The van der Waals surface area contributed by atoms with Crippen molar-refractivity contribution < 1.29 is 9.84 Å². The smallest absolute Gasteiger partial charge is 0.335 e. The van der Waals surface area contributed by atoms with Crippen LogP contribution in [0.25, 0.3) is 22.5 Å². The number of benzene rings is 1. The minimum Gasteiger partial charge on any atom is -0.507 e. The van der Waals surface area contributed by atoms with Crippen LogP contribution in [-0.4, -0.2) is 47.7 Å². The lowest BCUT2D eigenvalue weighted by Gasteiger charge is -2.45. The van der Waals surface area contributed by atoms with Gasteiger partial charge < -0.3 is 15.2 Å². The van der Waals surface area contributed by atoms with Crippen LogP contribution in [0.3, 0.4) is 0 Å². The highest BCUT2D eigenvalue weighted by atomic mass is 16.5. The molecule has 1 aliphatic heterocycles. The molecule has 0 spiro atoms. The highest BCUT2D eigenvalue weighted by Crippen LogP contribution is 2.33. The molecule has 0 bridgehead atoms. The first-order chi connectivity index (χ1) is 13.7. The second-order valence-electron chi connectivity index (χ2n) is 8.87. The predicted molar refractivity (Wildman–Crippen MR) is 109 cm³/mol. The molecule has 0 atom stereocenters. The van der Waals surface area contributed by atoms with Crippen LogP contribution in [0.4, 0.5) is 0 Å². The Balaban J connectivity index is 1.50. The van der Waals surface area contributed by atoms with E-state index >= 15 is 0 Å². The first kappa shape index (κ1) is 19.3. The van der Waals surface area contributed by atoms with Crippen LogP contribution >= 0.6 is 0 Å². The summed E-state index contributed by atoms with van der Waals surface area (Å²) < 4.78 is 6.02. The number of rotatable bonds is 4. The van der Waals surface area contributed by atoms with Gasteiger partial charge in [0.25, 0.3) is 0 Å². The van der Waals surface area contributed by atoms with Crippen molar-refractivity contribution in [1.82, 2.24) is 30.7 Å². The van der Waals surface area contributed by atoms with Crippen LogP contribution < -0.4 is 10.1 Å². The Labute approximate surface area is 169 Å². The molecule has 0 saturated carbocycles. The van der Waals surface area contributed by atoms with Crippen molar-refractivity contribution in [3.63, 3.8) is 0 Å². The zero-order valence-electron chi connectivity index (χ0n) is 17.1. The summed E-state index contributed by atoms with van der Waals surface area (Å²) >= 11 is 0. The van der Waals surface area contributed by atoms with Crippen molar-refractivity contribution in [3.8, 4) is 34.3 Å². The number of nitrogens with one attached hydrogen (secondary N) is 2. The van der Waals surface area contributed by atoms with E-state index in [-0.39, 0.29) is 28.9 Å². The lowest BCUT2D eigenvalue weighted by atomic mass is 9.81. The van der Waals surface area contributed by atoms with Crippen molar-refractivity contribution >= 4 is 0 Å². The van der Waals surface area contributed by atoms with Crippen LogP contribution in [0, 0.1) is 0 Å². The molecule has 8 nitrogen and oxygen atoms in total. The van der Waals surface area contributed by atoms with Gasteiger partial charge in [-0.3, -0.25) is 5.10 Å². The molecule has 2 aromatic heterocycles. The number of ether oxygens (including phenoxy) is 1. The third kappa shape index (κ3) is 4.37. The van der Waals surface area contributed by atoms with E-state index in [0.29, 0.717) is 11.3 Å². The lowest BCUT2D eigenvalue weighted by Crippen LogP contribution is -2.60. The Kier molecular flexibility index (Phi) is 4.74. The normalized spacial score (nSPS) is 18.5. The summed E-state index contributed by atoms with van der Waals surface area (Å²) in [6.07, 6.45) is 4.97. The quantitative estimate of drug-likeness (QED) is 0.623. The maximum absolute atomic E-state index is 10.4. The van der Waals surface area contributed by atoms with Crippen LogP contribution in [0.5, 0.6) is 11.8 Å². The topological polar surface area (TPSA) is 109 Å². The molecule has 0 amide bonds. The van der Waals surface area contributed by atoms with Gasteiger partial charge in [0, 0.05) is 41.2 Å². The average molecular weight is 394 g/mol. The van der Waals surface area contributed by atoms with Gasteiger partial charge in [-0.1, -0.05) is 11.2 Å². The van der Waals surface area contributed by atoms with Crippen molar-refractivity contribution in [3.05, 3.63) is 36.7 Å². The van der Waals surface area contributed by atoms with Gasteiger partial charge in [0.15, 0.2) is 0 Å². The fraction of sp³-hybridized carbons (Fsp3) is 0.429. The van der Waals surface area contributed by atoms with E-state index in [1.807, 2.05) is 12.1 Å². The lowest BCUT2D eigenvalue weighted by molar-refractivity contribution is 0.0491. The number of piperidine rings is 1. The van der Waals surface area contributed by atoms with Crippen LogP contribution in [-0.2, 0) is 0 Å². The summed E-state index contributed by atoms with van der Waals surface area (Å²) in [4.78, 5) is 4.31. The zero-order valence-corrected chi connectivity index (χ0v) is 17.1. The molecule has 3 N–H and O–H groups in total. The van der Waals surface area contributed by atoms with E-state index < -0.39 is 0 Å². The molecule has 1 saturated heterocycles. The average Bonchev–Trinajstić information content (AvgIpc) is 3.14. The summed E-state index contributed by atoms with van der Waals surface area (Å²) in [6.45, 7) is 8.68. The van der Waals surface area contributed by atoms with Crippen LogP contribution in [0.15, 0.2) is 36.7 Å². The fourth-order valence-corrected chi connectivity index (χ4v) is 4.24. The van der Waals surface area contributed by atoms with E-state index in [2.05, 4.69) is 58.4 Å². The number of phenols is 1. The van der Waals surface area contributed by atoms with Gasteiger partial charge in [-0.2, -0.15) is 5.10 Å². The second kappa shape index (κ2) is 7.11. The Morgan fingerprint density at radius 1 is 1.07 bits per heavy atom. The van der Waals surface area contributed by atoms with E-state index in [9.17, 15) is 5.11 Å².